The Morgan fingerprint density at radius 1 is 1.21 bits per heavy atom. The molecule has 1 aromatic carbocycles. The van der Waals surface area contributed by atoms with Crippen LogP contribution in [-0.2, 0) is 5.45 Å². The molecular weight excluding hydrogens is 264 g/mol. The van der Waals surface area contributed by atoms with Crippen LogP contribution in [0.4, 0.5) is 0 Å². The predicted molar refractivity (Wildman–Crippen MR) is 59.1 cm³/mol. The molecule has 0 saturated carbocycles. The molecule has 0 spiro atoms. The van der Waals surface area contributed by atoms with Crippen LogP contribution in [-0.4, -0.2) is 19.8 Å². The molecule has 0 fully saturated rings. The number of halogens is 1. The SMILES string of the molecule is S=c1n(CBr)nnn1-c1ccccc1. The third-order valence-corrected chi connectivity index (χ3v) is 2.61. The number of hydrogen-bond acceptors (Lipinski definition) is 3. The van der Waals surface area contributed by atoms with Crippen LogP contribution in [0.15, 0.2) is 30.3 Å². The minimum atomic E-state index is 0.554. The summed E-state index contributed by atoms with van der Waals surface area (Å²) in [5.74, 6) is 0. The lowest BCUT2D eigenvalue weighted by molar-refractivity contribution is 0.693. The second-order valence-corrected chi connectivity index (χ2v) is 3.49. The lowest BCUT2D eigenvalue weighted by atomic mass is 10.3. The molecule has 72 valence electrons. The van der Waals surface area contributed by atoms with Crippen molar-refractivity contribution in [3.63, 3.8) is 0 Å². The maximum Gasteiger partial charge on any atom is 0.221 e. The van der Waals surface area contributed by atoms with Crippen molar-refractivity contribution in [1.29, 1.82) is 0 Å². The summed E-state index contributed by atoms with van der Waals surface area (Å²) in [6, 6.07) is 9.68. The fraction of sp³-hybridized carbons (Fsp3) is 0.125. The standard InChI is InChI=1S/C8H7BrN4S/c9-6-12-8(14)13(11-10-12)7-4-2-1-3-5-7/h1-5H,6H2. The first-order valence-electron chi connectivity index (χ1n) is 3.97. The van der Waals surface area contributed by atoms with Gasteiger partial charge >= 0.3 is 0 Å². The van der Waals surface area contributed by atoms with E-state index in [-0.39, 0.29) is 0 Å². The van der Waals surface area contributed by atoms with Gasteiger partial charge in [0.25, 0.3) is 0 Å². The zero-order chi connectivity index (χ0) is 9.97. The first kappa shape index (κ1) is 9.54. The molecule has 14 heavy (non-hydrogen) atoms. The van der Waals surface area contributed by atoms with Crippen molar-refractivity contribution < 1.29 is 0 Å². The highest BCUT2D eigenvalue weighted by Crippen LogP contribution is 2.05. The molecule has 2 aromatic rings. The minimum Gasteiger partial charge on any atom is -0.207 e. The van der Waals surface area contributed by atoms with Gasteiger partial charge in [0.05, 0.1) is 5.69 Å². The monoisotopic (exact) mass is 270 g/mol. The predicted octanol–water partition coefficient (Wildman–Crippen LogP) is 2.15. The lowest BCUT2D eigenvalue weighted by Crippen LogP contribution is -1.97. The summed E-state index contributed by atoms with van der Waals surface area (Å²) in [6.07, 6.45) is 0. The van der Waals surface area contributed by atoms with Gasteiger partial charge in [-0.05, 0) is 34.8 Å². The minimum absolute atomic E-state index is 0.554. The van der Waals surface area contributed by atoms with Crippen LogP contribution < -0.4 is 0 Å². The highest BCUT2D eigenvalue weighted by atomic mass is 79.9. The van der Waals surface area contributed by atoms with Crippen molar-refractivity contribution >= 4 is 28.1 Å². The topological polar surface area (TPSA) is 35.6 Å². The van der Waals surface area contributed by atoms with Gasteiger partial charge in [0.2, 0.25) is 4.77 Å². The zero-order valence-electron chi connectivity index (χ0n) is 7.17. The number of nitrogens with zero attached hydrogens (tertiary/aromatic N) is 4. The molecule has 0 amide bonds. The first-order chi connectivity index (χ1) is 6.83. The summed E-state index contributed by atoms with van der Waals surface area (Å²) in [5, 5.41) is 7.84. The Labute approximate surface area is 94.3 Å². The average molecular weight is 271 g/mol. The molecule has 0 aliphatic rings. The van der Waals surface area contributed by atoms with E-state index in [1.165, 1.54) is 0 Å². The summed E-state index contributed by atoms with van der Waals surface area (Å²) in [6.45, 7) is 0. The Hall–Kier alpha value is -1.01. The van der Waals surface area contributed by atoms with Crippen molar-refractivity contribution in [1.82, 2.24) is 19.8 Å². The van der Waals surface area contributed by atoms with Gasteiger partial charge in [-0.1, -0.05) is 34.1 Å². The van der Waals surface area contributed by atoms with Crippen LogP contribution in [0.3, 0.4) is 0 Å². The van der Waals surface area contributed by atoms with E-state index < -0.39 is 0 Å². The van der Waals surface area contributed by atoms with Gasteiger partial charge < -0.3 is 0 Å². The van der Waals surface area contributed by atoms with E-state index in [4.69, 9.17) is 12.2 Å². The van der Waals surface area contributed by atoms with E-state index >= 15 is 0 Å². The van der Waals surface area contributed by atoms with Crippen molar-refractivity contribution in [2.75, 3.05) is 0 Å². The Morgan fingerprint density at radius 3 is 2.50 bits per heavy atom. The van der Waals surface area contributed by atoms with Gasteiger partial charge in [-0.25, -0.2) is 4.68 Å². The van der Waals surface area contributed by atoms with Crippen LogP contribution in [0.1, 0.15) is 0 Å². The van der Waals surface area contributed by atoms with Gasteiger partial charge in [-0.3, -0.25) is 0 Å². The van der Waals surface area contributed by atoms with Crippen LogP contribution in [0.25, 0.3) is 5.69 Å². The Balaban J connectivity index is 2.53. The van der Waals surface area contributed by atoms with E-state index in [9.17, 15) is 0 Å². The third-order valence-electron chi connectivity index (χ3n) is 1.75. The quantitative estimate of drug-likeness (QED) is 0.620. The summed E-state index contributed by atoms with van der Waals surface area (Å²) in [7, 11) is 0. The molecule has 0 aliphatic heterocycles. The van der Waals surface area contributed by atoms with Gasteiger partial charge in [0, 0.05) is 0 Å². The summed E-state index contributed by atoms with van der Waals surface area (Å²) < 4.78 is 3.80. The van der Waals surface area contributed by atoms with Gasteiger partial charge in [0.1, 0.15) is 5.45 Å². The number of tetrazole rings is 1. The fourth-order valence-corrected chi connectivity index (χ4v) is 1.83. The maximum atomic E-state index is 5.18. The normalized spacial score (nSPS) is 10.4. The molecule has 1 heterocycles. The molecule has 2 rings (SSSR count). The van der Waals surface area contributed by atoms with E-state index in [0.717, 1.165) is 5.69 Å². The van der Waals surface area contributed by atoms with Crippen LogP contribution in [0, 0.1) is 4.77 Å². The molecule has 4 nitrogen and oxygen atoms in total. The molecule has 0 unspecified atom stereocenters. The molecule has 0 radical (unpaired) electrons. The van der Waals surface area contributed by atoms with Crippen LogP contribution in [0.5, 0.6) is 0 Å². The Morgan fingerprint density at radius 2 is 1.93 bits per heavy atom. The summed E-state index contributed by atoms with van der Waals surface area (Å²) >= 11 is 8.45. The van der Waals surface area contributed by atoms with Gasteiger partial charge in [0.15, 0.2) is 0 Å². The third kappa shape index (κ3) is 1.62. The molecule has 0 aliphatic carbocycles. The van der Waals surface area contributed by atoms with E-state index in [1.54, 1.807) is 9.36 Å². The van der Waals surface area contributed by atoms with E-state index in [0.29, 0.717) is 10.2 Å². The first-order valence-corrected chi connectivity index (χ1v) is 5.50. The molecule has 1 aromatic heterocycles. The summed E-state index contributed by atoms with van der Waals surface area (Å²) in [5.41, 5.74) is 1.48. The molecule has 0 bridgehead atoms. The van der Waals surface area contributed by atoms with Gasteiger partial charge in [-0.15, -0.1) is 0 Å². The Bertz CT molecular complexity index is 476. The molecule has 0 saturated heterocycles. The number of para-hydroxylation sites is 1. The molecule has 0 atom stereocenters. The largest absolute Gasteiger partial charge is 0.221 e. The lowest BCUT2D eigenvalue weighted by Gasteiger charge is -1.97. The zero-order valence-corrected chi connectivity index (χ0v) is 9.57. The number of rotatable bonds is 2. The smallest absolute Gasteiger partial charge is 0.207 e. The number of aromatic nitrogens is 4. The van der Waals surface area contributed by atoms with Crippen molar-refractivity contribution in [3.05, 3.63) is 35.1 Å². The van der Waals surface area contributed by atoms with Crippen molar-refractivity contribution in [2.24, 2.45) is 0 Å². The Kier molecular flexibility index (Phi) is 2.74. The number of hydrogen-bond donors (Lipinski definition) is 0. The summed E-state index contributed by atoms with van der Waals surface area (Å²) in [4.78, 5) is 0. The second-order valence-electron chi connectivity index (χ2n) is 2.63. The maximum absolute atomic E-state index is 5.18. The van der Waals surface area contributed by atoms with Crippen molar-refractivity contribution in [2.45, 2.75) is 5.45 Å². The number of benzene rings is 1. The fourth-order valence-electron chi connectivity index (χ4n) is 1.08. The van der Waals surface area contributed by atoms with E-state index in [1.807, 2.05) is 30.3 Å². The second kappa shape index (κ2) is 4.02. The average Bonchev–Trinajstić information content (AvgIpc) is 2.61. The molecule has 6 heteroatoms. The highest BCUT2D eigenvalue weighted by molar-refractivity contribution is 9.08. The molecular formula is C8H7BrN4S. The van der Waals surface area contributed by atoms with Crippen LogP contribution in [0.2, 0.25) is 0 Å². The van der Waals surface area contributed by atoms with Crippen molar-refractivity contribution in [3.8, 4) is 5.69 Å². The van der Waals surface area contributed by atoms with E-state index in [2.05, 4.69) is 26.4 Å². The number of alkyl halides is 1. The highest BCUT2D eigenvalue weighted by Gasteiger charge is 2.02. The molecule has 0 N–H and O–H groups in total. The van der Waals surface area contributed by atoms with Crippen LogP contribution >= 0.6 is 28.1 Å². The van der Waals surface area contributed by atoms with Gasteiger partial charge in [-0.2, -0.15) is 4.68 Å².